The maximum atomic E-state index is 12.3. The molecule has 22 heavy (non-hydrogen) atoms. The quantitative estimate of drug-likeness (QED) is 0.819. The van der Waals surface area contributed by atoms with E-state index in [2.05, 4.69) is 0 Å². The highest BCUT2D eigenvalue weighted by Gasteiger charge is 2.35. The van der Waals surface area contributed by atoms with Gasteiger partial charge >= 0.3 is 0 Å². The van der Waals surface area contributed by atoms with Crippen molar-refractivity contribution >= 4 is 15.7 Å². The second-order valence-corrected chi connectivity index (χ2v) is 8.05. The Morgan fingerprint density at radius 1 is 1.32 bits per heavy atom. The molecule has 1 amide bonds. The van der Waals surface area contributed by atoms with Gasteiger partial charge in [-0.3, -0.25) is 4.79 Å². The third-order valence-corrected chi connectivity index (χ3v) is 5.77. The van der Waals surface area contributed by atoms with Crippen molar-refractivity contribution < 1.29 is 22.7 Å². The number of hydrogen-bond donors (Lipinski definition) is 0. The molecule has 7 heteroatoms. The Labute approximate surface area is 129 Å². The second kappa shape index (κ2) is 5.79. The summed E-state index contributed by atoms with van der Waals surface area (Å²) in [4.78, 5) is 13.9. The van der Waals surface area contributed by atoms with E-state index in [9.17, 15) is 13.2 Å². The molecule has 3 rings (SSSR count). The van der Waals surface area contributed by atoms with Gasteiger partial charge in [-0.2, -0.15) is 0 Å². The van der Waals surface area contributed by atoms with E-state index >= 15 is 0 Å². The fourth-order valence-electron chi connectivity index (χ4n) is 2.85. The Bertz CT molecular complexity index is 672. The highest BCUT2D eigenvalue weighted by molar-refractivity contribution is 7.91. The van der Waals surface area contributed by atoms with E-state index in [0.717, 1.165) is 0 Å². The molecule has 0 N–H and O–H groups in total. The topological polar surface area (TPSA) is 72.9 Å². The lowest BCUT2D eigenvalue weighted by Gasteiger charge is -2.30. The molecule has 0 saturated carbocycles. The Kier molecular flexibility index (Phi) is 3.99. The molecule has 0 radical (unpaired) electrons. The van der Waals surface area contributed by atoms with Gasteiger partial charge in [0.2, 0.25) is 5.91 Å². The molecule has 1 aromatic carbocycles. The van der Waals surface area contributed by atoms with Gasteiger partial charge in [0.05, 0.1) is 24.0 Å². The third kappa shape index (κ3) is 3.19. The van der Waals surface area contributed by atoms with E-state index in [1.54, 1.807) is 11.9 Å². The minimum atomic E-state index is -3.05. The van der Waals surface area contributed by atoms with Gasteiger partial charge in [0.15, 0.2) is 27.4 Å². The first-order valence-corrected chi connectivity index (χ1v) is 9.10. The third-order valence-electron chi connectivity index (χ3n) is 4.00. The van der Waals surface area contributed by atoms with Crippen molar-refractivity contribution in [1.82, 2.24) is 4.90 Å². The number of likely N-dealkylation sites (N-methyl/N-ethyl adjacent to an activating group) is 1. The van der Waals surface area contributed by atoms with Gasteiger partial charge in [0, 0.05) is 7.05 Å². The molecule has 0 bridgehead atoms. The number of ether oxygens (including phenoxy) is 2. The van der Waals surface area contributed by atoms with E-state index < -0.39 is 15.8 Å². The number of hydrogen-bond acceptors (Lipinski definition) is 5. The van der Waals surface area contributed by atoms with Crippen LogP contribution < -0.4 is 9.47 Å². The second-order valence-electron chi connectivity index (χ2n) is 5.82. The first kappa shape index (κ1) is 15.1. The predicted molar refractivity (Wildman–Crippen MR) is 80.8 cm³/mol. The fourth-order valence-corrected chi connectivity index (χ4v) is 4.58. The van der Waals surface area contributed by atoms with Crippen molar-refractivity contribution in [1.29, 1.82) is 0 Å². The smallest absolute Gasteiger partial charge is 0.226 e. The average Bonchev–Trinajstić information content (AvgIpc) is 2.86. The maximum absolute atomic E-state index is 12.3. The minimum Gasteiger partial charge on any atom is -0.486 e. The molecule has 1 saturated heterocycles. The number of nitrogens with zero attached hydrogens (tertiary/aromatic N) is 1. The van der Waals surface area contributed by atoms with E-state index in [1.807, 2.05) is 24.3 Å². The largest absolute Gasteiger partial charge is 0.486 e. The monoisotopic (exact) mass is 325 g/mol. The summed E-state index contributed by atoms with van der Waals surface area (Å²) < 4.78 is 34.4. The Hall–Kier alpha value is -1.76. The van der Waals surface area contributed by atoms with Crippen LogP contribution in [0, 0.1) is 5.92 Å². The van der Waals surface area contributed by atoms with Crippen molar-refractivity contribution in [3.63, 3.8) is 0 Å². The highest BCUT2D eigenvalue weighted by atomic mass is 32.2. The summed E-state index contributed by atoms with van der Waals surface area (Å²) in [5.74, 6) is 0.877. The van der Waals surface area contributed by atoms with Crippen LogP contribution >= 0.6 is 0 Å². The van der Waals surface area contributed by atoms with Crippen molar-refractivity contribution in [2.24, 2.45) is 5.92 Å². The number of carbonyl (C=O) groups excluding carboxylic acids is 1. The number of rotatable bonds is 3. The Morgan fingerprint density at radius 3 is 2.73 bits per heavy atom. The van der Waals surface area contributed by atoms with Crippen LogP contribution in [0.5, 0.6) is 11.5 Å². The fraction of sp³-hybridized carbons (Fsp3) is 0.533. The number of carbonyl (C=O) groups is 1. The molecular formula is C15H19NO5S. The number of fused-ring (bicyclic) bond motifs is 1. The molecule has 2 atom stereocenters. The van der Waals surface area contributed by atoms with Gasteiger partial charge < -0.3 is 14.4 Å². The standard InChI is InChI=1S/C15H19NO5S/c1-16(15(17)11-6-7-22(18,19)10-11)8-12-9-20-13-4-2-3-5-14(13)21-12/h2-5,11-12H,6-10H2,1H3. The Balaban J connectivity index is 1.59. The van der Waals surface area contributed by atoms with Crippen LogP contribution in [0.25, 0.3) is 0 Å². The number of benzene rings is 1. The molecule has 2 heterocycles. The molecule has 0 aliphatic carbocycles. The van der Waals surface area contributed by atoms with E-state index in [-0.39, 0.29) is 23.5 Å². The van der Waals surface area contributed by atoms with Crippen LogP contribution in [-0.4, -0.2) is 57.0 Å². The van der Waals surface area contributed by atoms with E-state index in [0.29, 0.717) is 31.1 Å². The van der Waals surface area contributed by atoms with Crippen molar-refractivity contribution in [2.75, 3.05) is 31.7 Å². The molecular weight excluding hydrogens is 306 g/mol. The zero-order valence-electron chi connectivity index (χ0n) is 12.4. The first-order valence-electron chi connectivity index (χ1n) is 7.28. The van der Waals surface area contributed by atoms with Gasteiger partial charge in [0.25, 0.3) is 0 Å². The van der Waals surface area contributed by atoms with Crippen LogP contribution in [0.4, 0.5) is 0 Å². The predicted octanol–water partition coefficient (Wildman–Crippen LogP) is 0.720. The highest BCUT2D eigenvalue weighted by Crippen LogP contribution is 2.31. The molecule has 1 aromatic rings. The van der Waals surface area contributed by atoms with Gasteiger partial charge in [-0.05, 0) is 18.6 Å². The molecule has 0 spiro atoms. The van der Waals surface area contributed by atoms with Crippen LogP contribution in [0.15, 0.2) is 24.3 Å². The molecule has 0 aromatic heterocycles. The molecule has 2 unspecified atom stereocenters. The van der Waals surface area contributed by atoms with Crippen LogP contribution in [0.2, 0.25) is 0 Å². The summed E-state index contributed by atoms with van der Waals surface area (Å²) in [5.41, 5.74) is 0. The summed E-state index contributed by atoms with van der Waals surface area (Å²) >= 11 is 0. The lowest BCUT2D eigenvalue weighted by atomic mass is 10.1. The number of amides is 1. The molecule has 1 fully saturated rings. The summed E-state index contributed by atoms with van der Waals surface area (Å²) in [6, 6.07) is 7.40. The summed E-state index contributed by atoms with van der Waals surface area (Å²) in [7, 11) is -1.37. The summed E-state index contributed by atoms with van der Waals surface area (Å²) in [6.07, 6.45) is 0.165. The van der Waals surface area contributed by atoms with Gasteiger partial charge in [-0.15, -0.1) is 0 Å². The van der Waals surface area contributed by atoms with Crippen LogP contribution in [0.3, 0.4) is 0 Å². The SMILES string of the molecule is CN(CC1COc2ccccc2O1)C(=O)C1CCS(=O)(=O)C1. The number of para-hydroxylation sites is 2. The van der Waals surface area contributed by atoms with E-state index in [1.165, 1.54) is 0 Å². The van der Waals surface area contributed by atoms with Gasteiger partial charge in [0.1, 0.15) is 6.61 Å². The minimum absolute atomic E-state index is 0.0406. The molecule has 120 valence electrons. The Morgan fingerprint density at radius 2 is 2.05 bits per heavy atom. The average molecular weight is 325 g/mol. The first-order chi connectivity index (χ1) is 10.4. The maximum Gasteiger partial charge on any atom is 0.226 e. The zero-order chi connectivity index (χ0) is 15.7. The van der Waals surface area contributed by atoms with E-state index in [4.69, 9.17) is 9.47 Å². The normalized spacial score (nSPS) is 25.7. The van der Waals surface area contributed by atoms with Crippen LogP contribution in [-0.2, 0) is 14.6 Å². The number of sulfone groups is 1. The molecule has 6 nitrogen and oxygen atoms in total. The van der Waals surface area contributed by atoms with Crippen molar-refractivity contribution in [2.45, 2.75) is 12.5 Å². The summed E-state index contributed by atoms with van der Waals surface area (Å²) in [5, 5.41) is 0. The lowest BCUT2D eigenvalue weighted by molar-refractivity contribution is -0.134. The molecule has 2 aliphatic rings. The van der Waals surface area contributed by atoms with Gasteiger partial charge in [-0.1, -0.05) is 12.1 Å². The zero-order valence-corrected chi connectivity index (χ0v) is 13.2. The summed E-state index contributed by atoms with van der Waals surface area (Å²) in [6.45, 7) is 0.751. The molecule has 2 aliphatic heterocycles. The lowest BCUT2D eigenvalue weighted by Crippen LogP contribution is -2.44. The van der Waals surface area contributed by atoms with Crippen LogP contribution in [0.1, 0.15) is 6.42 Å². The van der Waals surface area contributed by atoms with Gasteiger partial charge in [-0.25, -0.2) is 8.42 Å². The van der Waals surface area contributed by atoms with Crippen molar-refractivity contribution in [3.05, 3.63) is 24.3 Å². The van der Waals surface area contributed by atoms with Crippen molar-refractivity contribution in [3.8, 4) is 11.5 Å².